The van der Waals surface area contributed by atoms with E-state index in [9.17, 15) is 4.79 Å². The van der Waals surface area contributed by atoms with Crippen LogP contribution in [0.25, 0.3) is 0 Å². The molecule has 100 valence electrons. The predicted molar refractivity (Wildman–Crippen MR) is 71.7 cm³/mol. The third-order valence-electron chi connectivity index (χ3n) is 2.15. The Balaban J connectivity index is 2.28. The number of methoxy groups -OCH3 is 1. The highest BCUT2D eigenvalue weighted by Crippen LogP contribution is 2.10. The highest BCUT2D eigenvalue weighted by atomic mass is 32.1. The SMILES string of the molecule is CN=C(NCCC(=O)OC)NCc1ncc(C)s1. The molecule has 7 heteroatoms. The molecule has 0 spiro atoms. The standard InChI is InChI=1S/C11H18N4O2S/c1-8-6-14-9(18-8)7-15-11(12-2)13-5-4-10(16)17-3/h6H,4-5,7H2,1-3H3,(H2,12,13,15). The zero-order valence-corrected chi connectivity index (χ0v) is 11.6. The number of ether oxygens (including phenoxy) is 1. The zero-order chi connectivity index (χ0) is 13.4. The van der Waals surface area contributed by atoms with E-state index >= 15 is 0 Å². The summed E-state index contributed by atoms with van der Waals surface area (Å²) >= 11 is 1.64. The lowest BCUT2D eigenvalue weighted by molar-refractivity contribution is -0.140. The first-order chi connectivity index (χ1) is 8.65. The molecule has 0 saturated carbocycles. The fraction of sp³-hybridized carbons (Fsp3) is 0.545. The van der Waals surface area contributed by atoms with E-state index in [1.54, 1.807) is 18.4 Å². The van der Waals surface area contributed by atoms with Crippen molar-refractivity contribution in [1.82, 2.24) is 15.6 Å². The van der Waals surface area contributed by atoms with Crippen LogP contribution in [-0.2, 0) is 16.1 Å². The lowest BCUT2D eigenvalue weighted by Gasteiger charge is -2.09. The minimum atomic E-state index is -0.242. The molecule has 0 aliphatic carbocycles. The Hall–Kier alpha value is -1.63. The lowest BCUT2D eigenvalue weighted by atomic mass is 10.4. The Bertz CT molecular complexity index is 417. The number of nitrogens with one attached hydrogen (secondary N) is 2. The van der Waals surface area contributed by atoms with Gasteiger partial charge in [-0.1, -0.05) is 0 Å². The van der Waals surface area contributed by atoms with Crippen LogP contribution in [-0.4, -0.2) is 37.6 Å². The van der Waals surface area contributed by atoms with E-state index < -0.39 is 0 Å². The maximum atomic E-state index is 10.9. The van der Waals surface area contributed by atoms with E-state index in [4.69, 9.17) is 0 Å². The lowest BCUT2D eigenvalue weighted by Crippen LogP contribution is -2.37. The summed E-state index contributed by atoms with van der Waals surface area (Å²) in [6.07, 6.45) is 2.16. The van der Waals surface area contributed by atoms with Crippen molar-refractivity contribution in [3.05, 3.63) is 16.1 Å². The molecule has 1 rings (SSSR count). The van der Waals surface area contributed by atoms with E-state index in [2.05, 4.69) is 25.3 Å². The monoisotopic (exact) mass is 270 g/mol. The number of rotatable bonds is 5. The molecule has 0 radical (unpaired) electrons. The molecule has 0 aliphatic heterocycles. The summed E-state index contributed by atoms with van der Waals surface area (Å²) in [6.45, 7) is 3.13. The highest BCUT2D eigenvalue weighted by Gasteiger charge is 2.03. The molecule has 0 saturated heterocycles. The second-order valence-corrected chi connectivity index (χ2v) is 4.86. The van der Waals surface area contributed by atoms with Gasteiger partial charge in [0.15, 0.2) is 5.96 Å². The number of aryl methyl sites for hydroxylation is 1. The van der Waals surface area contributed by atoms with Crippen LogP contribution in [0.1, 0.15) is 16.3 Å². The number of guanidine groups is 1. The predicted octanol–water partition coefficient (Wildman–Crippen LogP) is 0.680. The Morgan fingerprint density at radius 1 is 1.56 bits per heavy atom. The highest BCUT2D eigenvalue weighted by molar-refractivity contribution is 7.11. The van der Waals surface area contributed by atoms with Crippen LogP contribution >= 0.6 is 11.3 Å². The molecule has 2 N–H and O–H groups in total. The number of hydrogen-bond acceptors (Lipinski definition) is 5. The van der Waals surface area contributed by atoms with Gasteiger partial charge in [0.05, 0.1) is 20.1 Å². The fourth-order valence-electron chi connectivity index (χ4n) is 1.25. The number of hydrogen-bond donors (Lipinski definition) is 2. The van der Waals surface area contributed by atoms with Gasteiger partial charge in [-0.25, -0.2) is 4.98 Å². The average Bonchev–Trinajstić information content (AvgIpc) is 2.79. The minimum Gasteiger partial charge on any atom is -0.469 e. The van der Waals surface area contributed by atoms with Gasteiger partial charge in [0, 0.05) is 24.7 Å². The van der Waals surface area contributed by atoms with Gasteiger partial charge in [-0.15, -0.1) is 11.3 Å². The van der Waals surface area contributed by atoms with Gasteiger partial charge in [-0.05, 0) is 6.92 Å². The van der Waals surface area contributed by atoms with Gasteiger partial charge in [0.2, 0.25) is 0 Å². The molecular weight excluding hydrogens is 252 g/mol. The zero-order valence-electron chi connectivity index (χ0n) is 10.8. The van der Waals surface area contributed by atoms with Crippen molar-refractivity contribution < 1.29 is 9.53 Å². The summed E-state index contributed by atoms with van der Waals surface area (Å²) in [4.78, 5) is 20.4. The first kappa shape index (κ1) is 14.4. The maximum Gasteiger partial charge on any atom is 0.307 e. The van der Waals surface area contributed by atoms with Crippen molar-refractivity contribution in [3.8, 4) is 0 Å². The molecule has 1 aromatic rings. The molecule has 6 nitrogen and oxygen atoms in total. The molecular formula is C11H18N4O2S. The number of carbonyl (C=O) groups is 1. The van der Waals surface area contributed by atoms with Crippen molar-refractivity contribution in [2.24, 2.45) is 4.99 Å². The van der Waals surface area contributed by atoms with Gasteiger partial charge >= 0.3 is 5.97 Å². The second-order valence-electron chi connectivity index (χ2n) is 3.54. The summed E-state index contributed by atoms with van der Waals surface area (Å²) in [6, 6.07) is 0. The Morgan fingerprint density at radius 2 is 2.33 bits per heavy atom. The molecule has 0 bridgehead atoms. The largest absolute Gasteiger partial charge is 0.469 e. The van der Waals surface area contributed by atoms with Gasteiger partial charge in [0.25, 0.3) is 0 Å². The van der Waals surface area contributed by atoms with Crippen LogP contribution in [0.15, 0.2) is 11.2 Å². The smallest absolute Gasteiger partial charge is 0.307 e. The minimum absolute atomic E-state index is 0.242. The van der Waals surface area contributed by atoms with E-state index in [0.29, 0.717) is 25.5 Å². The van der Waals surface area contributed by atoms with Crippen molar-refractivity contribution in [3.63, 3.8) is 0 Å². The van der Waals surface area contributed by atoms with Gasteiger partial charge in [0.1, 0.15) is 5.01 Å². The van der Waals surface area contributed by atoms with Crippen LogP contribution in [0.4, 0.5) is 0 Å². The Labute approximate surface area is 110 Å². The molecule has 1 heterocycles. The number of nitrogens with zero attached hydrogens (tertiary/aromatic N) is 2. The topological polar surface area (TPSA) is 75.6 Å². The van der Waals surface area contributed by atoms with E-state index in [-0.39, 0.29) is 5.97 Å². The fourth-order valence-corrected chi connectivity index (χ4v) is 1.97. The number of thiazole rings is 1. The molecule has 0 amide bonds. The average molecular weight is 270 g/mol. The van der Waals surface area contributed by atoms with Gasteiger partial charge < -0.3 is 15.4 Å². The van der Waals surface area contributed by atoms with Gasteiger partial charge in [-0.2, -0.15) is 0 Å². The number of esters is 1. The third-order valence-corrected chi connectivity index (χ3v) is 3.06. The second kappa shape index (κ2) is 7.65. The normalized spacial score (nSPS) is 11.2. The quantitative estimate of drug-likeness (QED) is 0.467. The molecule has 0 aromatic carbocycles. The van der Waals surface area contributed by atoms with E-state index in [1.165, 1.54) is 12.0 Å². The molecule has 0 unspecified atom stereocenters. The van der Waals surface area contributed by atoms with Crippen LogP contribution in [0.5, 0.6) is 0 Å². The van der Waals surface area contributed by atoms with Crippen LogP contribution in [0.2, 0.25) is 0 Å². The molecule has 1 aromatic heterocycles. The van der Waals surface area contributed by atoms with E-state index in [0.717, 1.165) is 5.01 Å². The Kier molecular flexibility index (Phi) is 6.13. The molecule has 0 aliphatic rings. The number of aromatic nitrogens is 1. The first-order valence-corrected chi connectivity index (χ1v) is 6.40. The number of aliphatic imine (C=N–C) groups is 1. The van der Waals surface area contributed by atoms with Crippen molar-refractivity contribution >= 4 is 23.3 Å². The van der Waals surface area contributed by atoms with Gasteiger partial charge in [-0.3, -0.25) is 9.79 Å². The van der Waals surface area contributed by atoms with E-state index in [1.807, 2.05) is 13.1 Å². The summed E-state index contributed by atoms with van der Waals surface area (Å²) in [5.74, 6) is 0.403. The van der Waals surface area contributed by atoms with Crippen LogP contribution < -0.4 is 10.6 Å². The molecule has 18 heavy (non-hydrogen) atoms. The maximum absolute atomic E-state index is 10.9. The summed E-state index contributed by atoms with van der Waals surface area (Å²) < 4.78 is 4.55. The Morgan fingerprint density at radius 3 is 2.89 bits per heavy atom. The van der Waals surface area contributed by atoms with Crippen LogP contribution in [0, 0.1) is 6.92 Å². The third kappa shape index (κ3) is 5.13. The summed E-state index contributed by atoms with van der Waals surface area (Å²) in [5, 5.41) is 7.16. The first-order valence-electron chi connectivity index (χ1n) is 5.58. The number of carbonyl (C=O) groups excluding carboxylic acids is 1. The summed E-state index contributed by atoms with van der Waals surface area (Å²) in [5.41, 5.74) is 0. The molecule has 0 fully saturated rings. The molecule has 0 atom stereocenters. The van der Waals surface area contributed by atoms with Crippen molar-refractivity contribution in [2.75, 3.05) is 20.7 Å². The summed E-state index contributed by atoms with van der Waals surface area (Å²) in [7, 11) is 3.06. The van der Waals surface area contributed by atoms with Crippen molar-refractivity contribution in [2.45, 2.75) is 19.9 Å². The van der Waals surface area contributed by atoms with Crippen molar-refractivity contribution in [1.29, 1.82) is 0 Å². The van der Waals surface area contributed by atoms with Crippen LogP contribution in [0.3, 0.4) is 0 Å².